The number of nitrogens with two attached hydrogens (primary N) is 1. The molecule has 0 radical (unpaired) electrons. The molecule has 2 amide bonds. The Morgan fingerprint density at radius 3 is 2.40 bits per heavy atom. The van der Waals surface area contributed by atoms with Gasteiger partial charge in [0.2, 0.25) is 11.8 Å². The lowest BCUT2D eigenvalue weighted by Crippen LogP contribution is -2.53. The average molecular weight is 412 g/mol. The number of nitrogens with one attached hydrogen (secondary N) is 3. The molecule has 0 saturated carbocycles. The second kappa shape index (κ2) is 11.9. The fraction of sp³-hybridized carbons (Fsp3) is 0.435. The molecular weight excluding hydrogens is 378 g/mol. The SMILES string of the molecule is CC(C)N[C@H](CCc1ccccc1)C(=O)N[C@@H](C)C(=O)NCCc1ccnc(N)c1. The van der Waals surface area contributed by atoms with Crippen molar-refractivity contribution in [2.75, 3.05) is 12.3 Å². The highest BCUT2D eigenvalue weighted by atomic mass is 16.2. The van der Waals surface area contributed by atoms with Gasteiger partial charge >= 0.3 is 0 Å². The molecule has 0 aliphatic rings. The first kappa shape index (κ1) is 23.3. The summed E-state index contributed by atoms with van der Waals surface area (Å²) in [6.45, 7) is 6.17. The van der Waals surface area contributed by atoms with Crippen molar-refractivity contribution in [3.8, 4) is 0 Å². The summed E-state index contributed by atoms with van der Waals surface area (Å²) >= 11 is 0. The van der Waals surface area contributed by atoms with E-state index in [1.165, 1.54) is 5.56 Å². The molecule has 1 heterocycles. The number of hydrogen-bond donors (Lipinski definition) is 4. The zero-order valence-corrected chi connectivity index (χ0v) is 18.0. The Hall–Kier alpha value is -2.93. The summed E-state index contributed by atoms with van der Waals surface area (Å²) in [5.41, 5.74) is 7.85. The van der Waals surface area contributed by atoms with Crippen molar-refractivity contribution in [1.29, 1.82) is 0 Å². The molecule has 0 fully saturated rings. The molecule has 1 aromatic carbocycles. The van der Waals surface area contributed by atoms with Crippen LogP contribution in [0.1, 0.15) is 38.3 Å². The smallest absolute Gasteiger partial charge is 0.242 e. The van der Waals surface area contributed by atoms with E-state index in [0.29, 0.717) is 25.2 Å². The Labute approximate surface area is 178 Å². The zero-order chi connectivity index (χ0) is 21.9. The van der Waals surface area contributed by atoms with Gasteiger partial charge in [0.15, 0.2) is 0 Å². The van der Waals surface area contributed by atoms with E-state index in [4.69, 9.17) is 5.73 Å². The number of nitrogens with zero attached hydrogens (tertiary/aromatic N) is 1. The van der Waals surface area contributed by atoms with Gasteiger partial charge in [0.1, 0.15) is 11.9 Å². The molecule has 0 saturated heterocycles. The van der Waals surface area contributed by atoms with Crippen LogP contribution in [0.15, 0.2) is 48.7 Å². The topological polar surface area (TPSA) is 109 Å². The molecule has 2 atom stereocenters. The van der Waals surface area contributed by atoms with Crippen LogP contribution in [0.25, 0.3) is 0 Å². The van der Waals surface area contributed by atoms with Gasteiger partial charge in [-0.25, -0.2) is 4.98 Å². The average Bonchev–Trinajstić information content (AvgIpc) is 2.71. The molecule has 5 N–H and O–H groups in total. The number of aryl methyl sites for hydroxylation is 1. The Morgan fingerprint density at radius 2 is 1.73 bits per heavy atom. The van der Waals surface area contributed by atoms with E-state index in [1.54, 1.807) is 19.2 Å². The van der Waals surface area contributed by atoms with E-state index in [2.05, 4.69) is 33.1 Å². The predicted octanol–water partition coefficient (Wildman–Crippen LogP) is 1.83. The molecule has 2 rings (SSSR count). The Morgan fingerprint density at radius 1 is 1.00 bits per heavy atom. The molecule has 0 aliphatic heterocycles. The number of pyridine rings is 1. The molecule has 0 aliphatic carbocycles. The molecule has 2 aromatic rings. The van der Waals surface area contributed by atoms with Crippen LogP contribution in [0.3, 0.4) is 0 Å². The number of rotatable bonds is 11. The number of aromatic nitrogens is 1. The number of carbonyl (C=O) groups is 2. The van der Waals surface area contributed by atoms with Crippen LogP contribution >= 0.6 is 0 Å². The van der Waals surface area contributed by atoms with Crippen LogP contribution in [0.2, 0.25) is 0 Å². The molecule has 0 unspecified atom stereocenters. The molecular formula is C23H33N5O2. The fourth-order valence-electron chi connectivity index (χ4n) is 3.16. The second-order valence-electron chi connectivity index (χ2n) is 7.76. The van der Waals surface area contributed by atoms with Gasteiger partial charge in [-0.2, -0.15) is 0 Å². The molecule has 162 valence electrons. The highest BCUT2D eigenvalue weighted by Crippen LogP contribution is 2.07. The van der Waals surface area contributed by atoms with Crippen molar-refractivity contribution in [3.63, 3.8) is 0 Å². The minimum atomic E-state index is -0.617. The van der Waals surface area contributed by atoms with E-state index in [9.17, 15) is 9.59 Å². The van der Waals surface area contributed by atoms with Crippen LogP contribution in [0.5, 0.6) is 0 Å². The molecule has 7 nitrogen and oxygen atoms in total. The first-order valence-corrected chi connectivity index (χ1v) is 10.4. The van der Waals surface area contributed by atoms with Crippen LogP contribution in [0.4, 0.5) is 5.82 Å². The van der Waals surface area contributed by atoms with Gasteiger partial charge in [-0.1, -0.05) is 44.2 Å². The normalized spacial score (nSPS) is 12.9. The number of carbonyl (C=O) groups excluding carboxylic acids is 2. The van der Waals surface area contributed by atoms with Gasteiger partial charge in [-0.15, -0.1) is 0 Å². The van der Waals surface area contributed by atoms with Crippen molar-refractivity contribution in [3.05, 3.63) is 59.8 Å². The third-order valence-corrected chi connectivity index (χ3v) is 4.73. The lowest BCUT2D eigenvalue weighted by Gasteiger charge is -2.23. The standard InChI is InChI=1S/C23H33N5O2/c1-16(2)27-20(10-9-18-7-5-4-6-8-18)23(30)28-17(3)22(29)26-14-12-19-11-13-25-21(24)15-19/h4-8,11,13,15-17,20,27H,9-10,12,14H2,1-3H3,(H2,24,25)(H,26,29)(H,28,30)/t17-,20+/m0/s1. The summed E-state index contributed by atoms with van der Waals surface area (Å²) in [4.78, 5) is 29.1. The lowest BCUT2D eigenvalue weighted by molar-refractivity contribution is -0.129. The Kier molecular flexibility index (Phi) is 9.28. The van der Waals surface area contributed by atoms with Crippen LogP contribution in [-0.2, 0) is 22.4 Å². The number of nitrogen functional groups attached to an aromatic ring is 1. The van der Waals surface area contributed by atoms with Gasteiger partial charge in [0.25, 0.3) is 0 Å². The van der Waals surface area contributed by atoms with Crippen molar-refractivity contribution >= 4 is 17.6 Å². The quantitative estimate of drug-likeness (QED) is 0.451. The number of anilines is 1. The van der Waals surface area contributed by atoms with Crippen molar-refractivity contribution < 1.29 is 9.59 Å². The number of amides is 2. The maximum atomic E-state index is 12.8. The highest BCUT2D eigenvalue weighted by molar-refractivity contribution is 5.89. The first-order chi connectivity index (χ1) is 14.3. The zero-order valence-electron chi connectivity index (χ0n) is 18.0. The van der Waals surface area contributed by atoms with Gasteiger partial charge in [-0.3, -0.25) is 9.59 Å². The maximum absolute atomic E-state index is 12.8. The molecule has 0 spiro atoms. The monoisotopic (exact) mass is 411 g/mol. The summed E-state index contributed by atoms with van der Waals surface area (Å²) in [6, 6.07) is 12.9. The first-order valence-electron chi connectivity index (χ1n) is 10.4. The van der Waals surface area contributed by atoms with Crippen molar-refractivity contribution in [1.82, 2.24) is 20.9 Å². The molecule has 0 bridgehead atoms. The lowest BCUT2D eigenvalue weighted by atomic mass is 10.0. The van der Waals surface area contributed by atoms with Gasteiger partial charge in [-0.05, 0) is 49.4 Å². The summed E-state index contributed by atoms with van der Waals surface area (Å²) < 4.78 is 0. The number of hydrogen-bond acceptors (Lipinski definition) is 5. The van der Waals surface area contributed by atoms with Gasteiger partial charge < -0.3 is 21.7 Å². The summed E-state index contributed by atoms with van der Waals surface area (Å²) in [7, 11) is 0. The summed E-state index contributed by atoms with van der Waals surface area (Å²) in [5, 5.41) is 9.00. The Bertz CT molecular complexity index is 810. The van der Waals surface area contributed by atoms with E-state index >= 15 is 0 Å². The van der Waals surface area contributed by atoms with Crippen molar-refractivity contribution in [2.24, 2.45) is 0 Å². The maximum Gasteiger partial charge on any atom is 0.242 e. The number of benzene rings is 1. The molecule has 1 aromatic heterocycles. The molecule has 7 heteroatoms. The predicted molar refractivity (Wildman–Crippen MR) is 120 cm³/mol. The third kappa shape index (κ3) is 8.21. The second-order valence-corrected chi connectivity index (χ2v) is 7.76. The largest absolute Gasteiger partial charge is 0.384 e. The molecule has 30 heavy (non-hydrogen) atoms. The van der Waals surface area contributed by atoms with E-state index in [0.717, 1.165) is 12.0 Å². The van der Waals surface area contributed by atoms with Crippen LogP contribution < -0.4 is 21.7 Å². The minimum absolute atomic E-state index is 0.161. The third-order valence-electron chi connectivity index (χ3n) is 4.73. The highest BCUT2D eigenvalue weighted by Gasteiger charge is 2.23. The summed E-state index contributed by atoms with van der Waals surface area (Å²) in [6.07, 6.45) is 3.74. The van der Waals surface area contributed by atoms with Gasteiger partial charge in [0, 0.05) is 18.8 Å². The van der Waals surface area contributed by atoms with Gasteiger partial charge in [0.05, 0.1) is 6.04 Å². The van der Waals surface area contributed by atoms with Crippen LogP contribution in [0, 0.1) is 0 Å². The van der Waals surface area contributed by atoms with E-state index < -0.39 is 6.04 Å². The van der Waals surface area contributed by atoms with Crippen molar-refractivity contribution in [2.45, 2.75) is 58.2 Å². The fourth-order valence-corrected chi connectivity index (χ4v) is 3.16. The summed E-state index contributed by atoms with van der Waals surface area (Å²) in [5.74, 6) is 0.0829. The van der Waals surface area contributed by atoms with E-state index in [1.807, 2.05) is 38.1 Å². The Balaban J connectivity index is 1.82. The van der Waals surface area contributed by atoms with E-state index in [-0.39, 0.29) is 23.9 Å². The minimum Gasteiger partial charge on any atom is -0.384 e. The van der Waals surface area contributed by atoms with Crippen LogP contribution in [-0.4, -0.2) is 41.5 Å².